The van der Waals surface area contributed by atoms with Gasteiger partial charge in [-0.2, -0.15) is 0 Å². The minimum atomic E-state index is 0.411. The van der Waals surface area contributed by atoms with Crippen molar-refractivity contribution in [3.05, 3.63) is 27.7 Å². The number of hydrogen-bond donors (Lipinski definition) is 1. The number of aryl methyl sites for hydroxylation is 1. The summed E-state index contributed by atoms with van der Waals surface area (Å²) >= 11 is 3.60. The Hall–Kier alpha value is -0.540. The fourth-order valence-electron chi connectivity index (χ4n) is 2.85. The van der Waals surface area contributed by atoms with Gasteiger partial charge in [-0.3, -0.25) is 0 Å². The largest absolute Gasteiger partial charge is 0.490 e. The van der Waals surface area contributed by atoms with E-state index in [1.165, 1.54) is 43.2 Å². The summed E-state index contributed by atoms with van der Waals surface area (Å²) in [6.07, 6.45) is 7.96. The van der Waals surface area contributed by atoms with Gasteiger partial charge >= 0.3 is 0 Å². The van der Waals surface area contributed by atoms with Gasteiger partial charge in [0.15, 0.2) is 0 Å². The Bertz CT molecular complexity index is 427. The molecular weight excluding hydrogens is 314 g/mol. The zero-order valence-corrected chi connectivity index (χ0v) is 14.3. The molecule has 112 valence electrons. The first-order chi connectivity index (χ1) is 9.70. The van der Waals surface area contributed by atoms with E-state index in [1.54, 1.807) is 0 Å². The van der Waals surface area contributed by atoms with Crippen LogP contribution in [-0.4, -0.2) is 12.6 Å². The summed E-state index contributed by atoms with van der Waals surface area (Å²) in [4.78, 5) is 0. The second-order valence-electron chi connectivity index (χ2n) is 5.77. The normalized spacial score (nSPS) is 16.4. The molecule has 0 saturated heterocycles. The highest BCUT2D eigenvalue weighted by atomic mass is 79.9. The van der Waals surface area contributed by atoms with E-state index in [2.05, 4.69) is 47.2 Å². The summed E-state index contributed by atoms with van der Waals surface area (Å²) in [7, 11) is 0. The number of halogens is 1. The third-order valence-electron chi connectivity index (χ3n) is 3.90. The predicted molar refractivity (Wildman–Crippen MR) is 88.4 cm³/mol. The van der Waals surface area contributed by atoms with Crippen molar-refractivity contribution in [2.24, 2.45) is 0 Å². The Morgan fingerprint density at radius 2 is 2.00 bits per heavy atom. The smallest absolute Gasteiger partial charge is 0.127 e. The van der Waals surface area contributed by atoms with Crippen molar-refractivity contribution in [2.75, 3.05) is 6.54 Å². The fraction of sp³-hybridized carbons (Fsp3) is 0.647. The quantitative estimate of drug-likeness (QED) is 0.739. The van der Waals surface area contributed by atoms with Crippen molar-refractivity contribution in [3.8, 4) is 5.75 Å². The van der Waals surface area contributed by atoms with Crippen LogP contribution in [0, 0.1) is 6.92 Å². The van der Waals surface area contributed by atoms with Crippen LogP contribution in [0.1, 0.15) is 56.6 Å². The average molecular weight is 340 g/mol. The molecule has 2 rings (SSSR count). The van der Waals surface area contributed by atoms with Crippen LogP contribution in [0.2, 0.25) is 0 Å². The van der Waals surface area contributed by atoms with Crippen molar-refractivity contribution in [3.63, 3.8) is 0 Å². The highest BCUT2D eigenvalue weighted by Gasteiger charge is 2.18. The topological polar surface area (TPSA) is 21.3 Å². The second kappa shape index (κ2) is 8.04. The Labute approximate surface area is 131 Å². The van der Waals surface area contributed by atoms with Gasteiger partial charge in [0.2, 0.25) is 0 Å². The maximum absolute atomic E-state index is 6.34. The summed E-state index contributed by atoms with van der Waals surface area (Å²) < 4.78 is 7.48. The third kappa shape index (κ3) is 4.49. The van der Waals surface area contributed by atoms with Crippen LogP contribution in [0.4, 0.5) is 0 Å². The predicted octanol–water partition coefficient (Wildman–Crippen LogP) is 4.97. The molecule has 1 N–H and O–H groups in total. The van der Waals surface area contributed by atoms with Gasteiger partial charge in [-0.05, 0) is 63.3 Å². The molecule has 20 heavy (non-hydrogen) atoms. The van der Waals surface area contributed by atoms with Gasteiger partial charge in [-0.25, -0.2) is 0 Å². The molecule has 0 radical (unpaired) electrons. The number of nitrogens with one attached hydrogen (secondary N) is 1. The molecule has 0 spiro atoms. The van der Waals surface area contributed by atoms with Crippen molar-refractivity contribution in [2.45, 2.75) is 65.0 Å². The minimum Gasteiger partial charge on any atom is -0.490 e. The van der Waals surface area contributed by atoms with Crippen molar-refractivity contribution in [1.82, 2.24) is 5.32 Å². The molecule has 0 bridgehead atoms. The van der Waals surface area contributed by atoms with Crippen LogP contribution in [0.15, 0.2) is 16.6 Å². The molecular formula is C17H26BrNO. The lowest BCUT2D eigenvalue weighted by Crippen LogP contribution is -2.22. The van der Waals surface area contributed by atoms with Gasteiger partial charge in [-0.15, -0.1) is 0 Å². The molecule has 1 saturated carbocycles. The number of benzene rings is 1. The van der Waals surface area contributed by atoms with Crippen molar-refractivity contribution < 1.29 is 4.74 Å². The first-order valence-corrected chi connectivity index (χ1v) is 8.66. The number of hydrogen-bond acceptors (Lipinski definition) is 2. The SMILES string of the molecule is CCCNCc1cc(Br)cc(C)c1OC1CCCCC1. The lowest BCUT2D eigenvalue weighted by molar-refractivity contribution is 0.152. The average Bonchev–Trinajstić information content (AvgIpc) is 2.44. The number of ether oxygens (including phenoxy) is 1. The molecule has 0 atom stereocenters. The first kappa shape index (κ1) is 15.8. The van der Waals surface area contributed by atoms with Crippen LogP contribution in [0.5, 0.6) is 5.75 Å². The molecule has 1 aromatic rings. The van der Waals surface area contributed by atoms with Crippen molar-refractivity contribution >= 4 is 15.9 Å². The van der Waals surface area contributed by atoms with Crippen LogP contribution in [0.25, 0.3) is 0 Å². The van der Waals surface area contributed by atoms with Crippen LogP contribution in [0.3, 0.4) is 0 Å². The molecule has 0 amide bonds. The summed E-state index contributed by atoms with van der Waals surface area (Å²) in [6.45, 7) is 6.27. The van der Waals surface area contributed by atoms with Gasteiger partial charge in [-0.1, -0.05) is 29.3 Å². The molecule has 0 aromatic heterocycles. The van der Waals surface area contributed by atoms with Crippen molar-refractivity contribution in [1.29, 1.82) is 0 Å². The Balaban J connectivity index is 2.11. The highest BCUT2D eigenvalue weighted by Crippen LogP contribution is 2.31. The minimum absolute atomic E-state index is 0.411. The lowest BCUT2D eigenvalue weighted by atomic mass is 9.97. The Morgan fingerprint density at radius 1 is 1.25 bits per heavy atom. The fourth-order valence-corrected chi connectivity index (χ4v) is 3.47. The summed E-state index contributed by atoms with van der Waals surface area (Å²) in [6, 6.07) is 4.34. The number of rotatable bonds is 6. The zero-order valence-electron chi connectivity index (χ0n) is 12.7. The van der Waals surface area contributed by atoms with Crippen LogP contribution < -0.4 is 10.1 Å². The molecule has 0 aliphatic heterocycles. The molecule has 0 unspecified atom stereocenters. The van der Waals surface area contributed by atoms with E-state index in [-0.39, 0.29) is 0 Å². The molecule has 0 heterocycles. The summed E-state index contributed by atoms with van der Waals surface area (Å²) in [5, 5.41) is 3.48. The Morgan fingerprint density at radius 3 is 2.70 bits per heavy atom. The molecule has 1 aliphatic carbocycles. The third-order valence-corrected chi connectivity index (χ3v) is 4.35. The lowest BCUT2D eigenvalue weighted by Gasteiger charge is -2.25. The van der Waals surface area contributed by atoms with E-state index in [0.717, 1.165) is 29.7 Å². The standard InChI is InChI=1S/C17H26BrNO/c1-3-9-19-12-14-11-15(18)10-13(2)17(14)20-16-7-5-4-6-8-16/h10-11,16,19H,3-9,12H2,1-2H3. The molecule has 1 aliphatic rings. The molecule has 3 heteroatoms. The van der Waals surface area contributed by atoms with E-state index in [0.29, 0.717) is 6.10 Å². The molecule has 1 fully saturated rings. The summed E-state index contributed by atoms with van der Waals surface area (Å²) in [5.74, 6) is 1.10. The maximum Gasteiger partial charge on any atom is 0.127 e. The van der Waals surface area contributed by atoms with Crippen LogP contribution >= 0.6 is 15.9 Å². The van der Waals surface area contributed by atoms with E-state index in [9.17, 15) is 0 Å². The first-order valence-electron chi connectivity index (χ1n) is 7.87. The molecule has 2 nitrogen and oxygen atoms in total. The van der Waals surface area contributed by atoms with E-state index >= 15 is 0 Å². The monoisotopic (exact) mass is 339 g/mol. The molecule has 1 aromatic carbocycles. The Kier molecular flexibility index (Phi) is 6.37. The van der Waals surface area contributed by atoms with Crippen LogP contribution in [-0.2, 0) is 6.54 Å². The van der Waals surface area contributed by atoms with E-state index < -0.39 is 0 Å². The maximum atomic E-state index is 6.34. The van der Waals surface area contributed by atoms with Gasteiger partial charge in [0.1, 0.15) is 5.75 Å². The van der Waals surface area contributed by atoms with Gasteiger partial charge in [0.25, 0.3) is 0 Å². The summed E-state index contributed by atoms with van der Waals surface area (Å²) in [5.41, 5.74) is 2.51. The van der Waals surface area contributed by atoms with E-state index in [1.807, 2.05) is 0 Å². The second-order valence-corrected chi connectivity index (χ2v) is 6.68. The van der Waals surface area contributed by atoms with Gasteiger partial charge in [0, 0.05) is 16.6 Å². The van der Waals surface area contributed by atoms with Gasteiger partial charge in [0.05, 0.1) is 6.10 Å². The van der Waals surface area contributed by atoms with Gasteiger partial charge < -0.3 is 10.1 Å². The van der Waals surface area contributed by atoms with E-state index in [4.69, 9.17) is 4.74 Å². The zero-order chi connectivity index (χ0) is 14.4. The highest BCUT2D eigenvalue weighted by molar-refractivity contribution is 9.10.